The van der Waals surface area contributed by atoms with Gasteiger partial charge in [-0.2, -0.15) is 0 Å². The van der Waals surface area contributed by atoms with Crippen LogP contribution in [0.25, 0.3) is 43.1 Å². The molecule has 0 aliphatic carbocycles. The average molecular weight is 607 g/mol. The molecule has 0 saturated heterocycles. The van der Waals surface area contributed by atoms with E-state index in [-0.39, 0.29) is 37.2 Å². The summed E-state index contributed by atoms with van der Waals surface area (Å²) in [6.07, 6.45) is 1.11. The highest BCUT2D eigenvalue weighted by molar-refractivity contribution is 6.03. The number of halogens is 3. The fourth-order valence-corrected chi connectivity index (χ4v) is 5.66. The van der Waals surface area contributed by atoms with Gasteiger partial charge in [-0.25, -0.2) is 0 Å². The Morgan fingerprint density at radius 3 is 1.10 bits per heavy atom. The Hall–Kier alpha value is -2.89. The fourth-order valence-electron chi connectivity index (χ4n) is 5.66. The van der Waals surface area contributed by atoms with Crippen LogP contribution in [0.2, 0.25) is 0 Å². The van der Waals surface area contributed by atoms with Crippen molar-refractivity contribution in [2.24, 2.45) is 0 Å². The van der Waals surface area contributed by atoms with Gasteiger partial charge in [-0.3, -0.25) is 0 Å². The minimum absolute atomic E-state index is 0. The topological polar surface area (TPSA) is 36.1 Å². The van der Waals surface area contributed by atoms with E-state index >= 15 is 0 Å². The van der Waals surface area contributed by atoms with Gasteiger partial charge in [0.1, 0.15) is 0 Å². The molecule has 6 aromatic rings. The Labute approximate surface area is 261 Å². The van der Waals surface area contributed by atoms with Crippen molar-refractivity contribution in [3.05, 3.63) is 120 Å². The zero-order valence-corrected chi connectivity index (χ0v) is 25.5. The van der Waals surface area contributed by atoms with Gasteiger partial charge in [0.25, 0.3) is 0 Å². The van der Waals surface area contributed by atoms with E-state index in [1.165, 1.54) is 54.2 Å². The Balaban J connectivity index is 0.00000154. The van der Waals surface area contributed by atoms with Crippen molar-refractivity contribution in [1.29, 1.82) is 0 Å². The van der Waals surface area contributed by atoms with E-state index < -0.39 is 0 Å². The maximum Gasteiger partial charge on any atom is 0.0218 e. The summed E-state index contributed by atoms with van der Waals surface area (Å²) >= 11 is 0. The third-order valence-corrected chi connectivity index (χ3v) is 7.55. The first kappa shape index (κ1) is 32.6. The van der Waals surface area contributed by atoms with Crippen molar-refractivity contribution in [3.63, 3.8) is 0 Å². The molecule has 0 unspecified atom stereocenters. The summed E-state index contributed by atoms with van der Waals surface area (Å²) in [6.45, 7) is 5.71. The Kier molecular flexibility index (Phi) is 12.7. The van der Waals surface area contributed by atoms with Crippen molar-refractivity contribution in [3.8, 4) is 0 Å². The van der Waals surface area contributed by atoms with Gasteiger partial charge in [0, 0.05) is 26.2 Å². The normalized spacial score (nSPS) is 10.8. The van der Waals surface area contributed by atoms with Crippen LogP contribution >= 0.6 is 37.2 Å². The van der Waals surface area contributed by atoms with Crippen molar-refractivity contribution >= 4 is 80.3 Å². The molecule has 3 N–H and O–H groups in total. The van der Waals surface area contributed by atoms with Crippen molar-refractivity contribution < 1.29 is 0 Å². The van der Waals surface area contributed by atoms with Crippen LogP contribution in [-0.2, 0) is 13.1 Å². The molecule has 6 rings (SSSR count). The van der Waals surface area contributed by atoms with Gasteiger partial charge in [-0.15, -0.1) is 37.2 Å². The smallest absolute Gasteiger partial charge is 0.0218 e. The molecule has 0 saturated carbocycles. The second-order valence-electron chi connectivity index (χ2n) is 10.1. The van der Waals surface area contributed by atoms with E-state index in [1.54, 1.807) is 0 Å². The first-order chi connectivity index (χ1) is 18.9. The van der Waals surface area contributed by atoms with E-state index in [0.29, 0.717) is 0 Å². The average Bonchev–Trinajstić information content (AvgIpc) is 2.97. The molecule has 0 fully saturated rings. The quantitative estimate of drug-likeness (QED) is 0.102. The molecule has 0 aliphatic heterocycles. The SMILES string of the molecule is Cl.Cl.Cl.c1ccc2c(CNCCCNCCNCc3c4ccccc4cc4ccccc34)c3ccccc3cc2c1. The van der Waals surface area contributed by atoms with Crippen LogP contribution in [-0.4, -0.2) is 26.2 Å². The van der Waals surface area contributed by atoms with Crippen molar-refractivity contribution in [2.45, 2.75) is 19.5 Å². The van der Waals surface area contributed by atoms with Gasteiger partial charge in [0.2, 0.25) is 0 Å². The highest BCUT2D eigenvalue weighted by atomic mass is 35.5. The summed E-state index contributed by atoms with van der Waals surface area (Å²) < 4.78 is 0. The van der Waals surface area contributed by atoms with E-state index in [2.05, 4.69) is 125 Å². The minimum Gasteiger partial charge on any atom is -0.315 e. The number of hydrogen-bond acceptors (Lipinski definition) is 3. The molecule has 0 aliphatic rings. The number of rotatable bonds is 11. The Morgan fingerprint density at radius 2 is 0.683 bits per heavy atom. The molecular formula is C35H38Cl3N3. The van der Waals surface area contributed by atoms with Crippen molar-refractivity contribution in [1.82, 2.24) is 16.0 Å². The highest BCUT2D eigenvalue weighted by Crippen LogP contribution is 2.29. The van der Waals surface area contributed by atoms with E-state index in [4.69, 9.17) is 0 Å². The fraction of sp³-hybridized carbons (Fsp3) is 0.200. The van der Waals surface area contributed by atoms with Crippen LogP contribution in [0.4, 0.5) is 0 Å². The molecule has 0 atom stereocenters. The molecule has 41 heavy (non-hydrogen) atoms. The molecule has 6 aromatic carbocycles. The van der Waals surface area contributed by atoms with Gasteiger partial charge in [-0.05, 0) is 85.9 Å². The van der Waals surface area contributed by atoms with Crippen LogP contribution in [0.3, 0.4) is 0 Å². The molecule has 0 aromatic heterocycles. The molecule has 3 nitrogen and oxygen atoms in total. The van der Waals surface area contributed by atoms with Gasteiger partial charge < -0.3 is 16.0 Å². The molecular weight excluding hydrogens is 569 g/mol. The molecule has 6 heteroatoms. The van der Waals surface area contributed by atoms with Crippen LogP contribution in [0.15, 0.2) is 109 Å². The van der Waals surface area contributed by atoms with E-state index in [0.717, 1.165) is 45.7 Å². The highest BCUT2D eigenvalue weighted by Gasteiger charge is 2.08. The summed E-state index contributed by atoms with van der Waals surface area (Å²) in [5.74, 6) is 0. The zero-order valence-electron chi connectivity index (χ0n) is 23.1. The van der Waals surface area contributed by atoms with Crippen LogP contribution in [0, 0.1) is 0 Å². The molecule has 214 valence electrons. The van der Waals surface area contributed by atoms with Crippen LogP contribution in [0.1, 0.15) is 17.5 Å². The predicted octanol–water partition coefficient (Wildman–Crippen LogP) is 8.42. The molecule has 0 radical (unpaired) electrons. The van der Waals surface area contributed by atoms with E-state index in [1.807, 2.05) is 0 Å². The predicted molar refractivity (Wildman–Crippen MR) is 186 cm³/mol. The summed E-state index contributed by atoms with van der Waals surface area (Å²) in [7, 11) is 0. The lowest BCUT2D eigenvalue weighted by molar-refractivity contribution is 0.574. The first-order valence-electron chi connectivity index (χ1n) is 13.8. The molecule has 0 heterocycles. The first-order valence-corrected chi connectivity index (χ1v) is 13.8. The van der Waals surface area contributed by atoms with Crippen LogP contribution < -0.4 is 16.0 Å². The second kappa shape index (κ2) is 15.9. The lowest BCUT2D eigenvalue weighted by Crippen LogP contribution is -2.29. The largest absolute Gasteiger partial charge is 0.315 e. The van der Waals surface area contributed by atoms with Gasteiger partial charge in [0.15, 0.2) is 0 Å². The number of fused-ring (bicyclic) bond motifs is 4. The number of nitrogens with one attached hydrogen (secondary N) is 3. The Bertz CT molecular complexity index is 1470. The lowest BCUT2D eigenvalue weighted by atomic mass is 9.97. The molecule has 0 bridgehead atoms. The third kappa shape index (κ3) is 7.50. The summed E-state index contributed by atoms with van der Waals surface area (Å²) in [4.78, 5) is 0. The number of hydrogen-bond donors (Lipinski definition) is 3. The van der Waals surface area contributed by atoms with E-state index in [9.17, 15) is 0 Å². The van der Waals surface area contributed by atoms with Gasteiger partial charge in [0.05, 0.1) is 0 Å². The molecule has 0 amide bonds. The standard InChI is InChI=1S/C35H35N3.3ClH/c1-5-14-30-26(10-1)22-27-11-2-6-15-31(27)34(30)24-37-19-9-18-36-20-21-38-25-35-32-16-7-3-12-28(32)23-29-13-4-8-17-33(29)35;;;/h1-8,10-17,22-23,36-38H,9,18-21,24-25H2;3*1H. The maximum absolute atomic E-state index is 3.69. The maximum atomic E-state index is 3.69. The summed E-state index contributed by atoms with van der Waals surface area (Å²) in [5.41, 5.74) is 2.79. The number of benzene rings is 6. The monoisotopic (exact) mass is 605 g/mol. The van der Waals surface area contributed by atoms with Gasteiger partial charge >= 0.3 is 0 Å². The lowest BCUT2D eigenvalue weighted by Gasteiger charge is -2.13. The minimum atomic E-state index is 0. The van der Waals surface area contributed by atoms with Crippen molar-refractivity contribution in [2.75, 3.05) is 26.2 Å². The second-order valence-corrected chi connectivity index (χ2v) is 10.1. The summed E-state index contributed by atoms with van der Waals surface area (Å²) in [6, 6.07) is 39.5. The molecule has 0 spiro atoms. The zero-order chi connectivity index (χ0) is 25.6. The third-order valence-electron chi connectivity index (χ3n) is 7.55. The van der Waals surface area contributed by atoms with Gasteiger partial charge in [-0.1, -0.05) is 97.1 Å². The Morgan fingerprint density at radius 1 is 0.366 bits per heavy atom. The van der Waals surface area contributed by atoms with Crippen LogP contribution in [0.5, 0.6) is 0 Å². The summed E-state index contributed by atoms with van der Waals surface area (Å²) in [5, 5.41) is 21.6.